The maximum atomic E-state index is 12.4. The fourth-order valence-electron chi connectivity index (χ4n) is 3.93. The van der Waals surface area contributed by atoms with Gasteiger partial charge in [0, 0.05) is 13.0 Å². The summed E-state index contributed by atoms with van der Waals surface area (Å²) in [6.07, 6.45) is 1.73. The van der Waals surface area contributed by atoms with E-state index in [1.54, 1.807) is 6.07 Å². The highest BCUT2D eigenvalue weighted by molar-refractivity contribution is 6.02. The SMILES string of the molecule is CCCc1nc2cccc(C(=O)OC)c2n1Cc1ccc(-c2ccccc2)c(C#N)c1. The standard InChI is InChI=1S/C26H23N3O2/c1-3-8-24-28-23-12-7-11-22(26(30)31-2)25(23)29(24)17-18-13-14-21(20(15-18)16-27)19-9-5-4-6-10-19/h4-7,9-15H,3,8,17H2,1-2H3. The maximum Gasteiger partial charge on any atom is 0.340 e. The molecule has 1 aromatic heterocycles. The van der Waals surface area contributed by atoms with E-state index in [1.807, 2.05) is 60.7 Å². The van der Waals surface area contributed by atoms with Gasteiger partial charge < -0.3 is 9.30 Å². The minimum absolute atomic E-state index is 0.382. The molecule has 0 bridgehead atoms. The fourth-order valence-corrected chi connectivity index (χ4v) is 3.93. The molecule has 31 heavy (non-hydrogen) atoms. The van der Waals surface area contributed by atoms with Crippen molar-refractivity contribution in [2.24, 2.45) is 0 Å². The number of nitrogens with zero attached hydrogens (tertiary/aromatic N) is 3. The number of rotatable bonds is 6. The number of carbonyl (C=O) groups is 1. The van der Waals surface area contributed by atoms with Crippen molar-refractivity contribution in [2.45, 2.75) is 26.3 Å². The van der Waals surface area contributed by atoms with E-state index in [0.29, 0.717) is 17.7 Å². The third kappa shape index (κ3) is 3.93. The molecule has 0 atom stereocenters. The van der Waals surface area contributed by atoms with E-state index in [-0.39, 0.29) is 5.97 Å². The monoisotopic (exact) mass is 409 g/mol. The number of aromatic nitrogens is 2. The molecule has 0 aliphatic heterocycles. The third-order valence-electron chi connectivity index (χ3n) is 5.35. The molecule has 0 saturated carbocycles. The number of fused-ring (bicyclic) bond motifs is 1. The molecule has 0 N–H and O–H groups in total. The molecule has 154 valence electrons. The van der Waals surface area contributed by atoms with E-state index in [2.05, 4.69) is 17.6 Å². The van der Waals surface area contributed by atoms with Crippen LogP contribution in [0.25, 0.3) is 22.2 Å². The number of imidazole rings is 1. The van der Waals surface area contributed by atoms with Crippen LogP contribution in [-0.4, -0.2) is 22.6 Å². The molecule has 5 heteroatoms. The first-order valence-electron chi connectivity index (χ1n) is 10.3. The van der Waals surface area contributed by atoms with Crippen molar-refractivity contribution in [3.8, 4) is 17.2 Å². The zero-order chi connectivity index (χ0) is 21.8. The fraction of sp³-hybridized carbons (Fsp3) is 0.192. The first kappa shape index (κ1) is 20.4. The van der Waals surface area contributed by atoms with Crippen molar-refractivity contribution in [1.82, 2.24) is 9.55 Å². The Balaban J connectivity index is 1.82. The second-order valence-electron chi connectivity index (χ2n) is 7.39. The number of para-hydroxylation sites is 1. The molecular formula is C26H23N3O2. The zero-order valence-electron chi connectivity index (χ0n) is 17.6. The van der Waals surface area contributed by atoms with Gasteiger partial charge in [0.25, 0.3) is 0 Å². The molecule has 1 heterocycles. The summed E-state index contributed by atoms with van der Waals surface area (Å²) >= 11 is 0. The van der Waals surface area contributed by atoms with E-state index in [9.17, 15) is 10.1 Å². The molecule has 0 aliphatic carbocycles. The van der Waals surface area contributed by atoms with Gasteiger partial charge in [-0.2, -0.15) is 5.26 Å². The van der Waals surface area contributed by atoms with Crippen LogP contribution in [-0.2, 0) is 17.7 Å². The average Bonchev–Trinajstić information content (AvgIpc) is 3.16. The number of methoxy groups -OCH3 is 1. The zero-order valence-corrected chi connectivity index (χ0v) is 17.6. The van der Waals surface area contributed by atoms with Crippen molar-refractivity contribution in [2.75, 3.05) is 7.11 Å². The van der Waals surface area contributed by atoms with Crippen molar-refractivity contribution < 1.29 is 9.53 Å². The highest BCUT2D eigenvalue weighted by atomic mass is 16.5. The van der Waals surface area contributed by atoms with E-state index >= 15 is 0 Å². The van der Waals surface area contributed by atoms with Gasteiger partial charge in [0.15, 0.2) is 0 Å². The molecule has 4 aromatic rings. The number of esters is 1. The topological polar surface area (TPSA) is 67.9 Å². The van der Waals surface area contributed by atoms with Gasteiger partial charge in [0.1, 0.15) is 5.82 Å². The van der Waals surface area contributed by atoms with Gasteiger partial charge in [-0.05, 0) is 41.3 Å². The number of benzene rings is 3. The number of ether oxygens (including phenoxy) is 1. The summed E-state index contributed by atoms with van der Waals surface area (Å²) in [6.45, 7) is 2.62. The predicted octanol–water partition coefficient (Wildman–Crippen LogP) is 5.36. The van der Waals surface area contributed by atoms with Crippen LogP contribution in [0.2, 0.25) is 0 Å². The normalized spacial score (nSPS) is 10.7. The summed E-state index contributed by atoms with van der Waals surface area (Å²) in [5.41, 5.74) is 5.56. The lowest BCUT2D eigenvalue weighted by Gasteiger charge is -2.13. The van der Waals surface area contributed by atoms with Gasteiger partial charge in [-0.3, -0.25) is 0 Å². The number of aryl methyl sites for hydroxylation is 1. The molecule has 4 rings (SSSR count). The van der Waals surface area contributed by atoms with Crippen LogP contribution in [0.4, 0.5) is 0 Å². The number of nitriles is 1. The Morgan fingerprint density at radius 1 is 1.10 bits per heavy atom. The predicted molar refractivity (Wildman–Crippen MR) is 121 cm³/mol. The highest BCUT2D eigenvalue weighted by Gasteiger charge is 2.19. The number of hydrogen-bond acceptors (Lipinski definition) is 4. The molecule has 0 amide bonds. The minimum Gasteiger partial charge on any atom is -0.465 e. The molecule has 5 nitrogen and oxygen atoms in total. The lowest BCUT2D eigenvalue weighted by molar-refractivity contribution is 0.0602. The summed E-state index contributed by atoms with van der Waals surface area (Å²) in [4.78, 5) is 17.2. The Bertz CT molecular complexity index is 1280. The number of hydrogen-bond donors (Lipinski definition) is 0. The molecule has 3 aromatic carbocycles. The summed E-state index contributed by atoms with van der Waals surface area (Å²) in [7, 11) is 1.39. The van der Waals surface area contributed by atoms with Crippen molar-refractivity contribution in [3.05, 3.63) is 89.2 Å². The maximum absolute atomic E-state index is 12.4. The molecular weight excluding hydrogens is 386 g/mol. The van der Waals surface area contributed by atoms with Crippen LogP contribution in [0.5, 0.6) is 0 Å². The Labute approximate surface area is 181 Å². The van der Waals surface area contributed by atoms with E-state index in [4.69, 9.17) is 9.72 Å². The second-order valence-corrected chi connectivity index (χ2v) is 7.39. The van der Waals surface area contributed by atoms with Crippen LogP contribution >= 0.6 is 0 Å². The van der Waals surface area contributed by atoms with Gasteiger partial charge in [0.2, 0.25) is 0 Å². The molecule has 0 aliphatic rings. The smallest absolute Gasteiger partial charge is 0.340 e. The third-order valence-corrected chi connectivity index (χ3v) is 5.35. The van der Waals surface area contributed by atoms with Gasteiger partial charge in [-0.15, -0.1) is 0 Å². The first-order valence-corrected chi connectivity index (χ1v) is 10.3. The quantitative estimate of drug-likeness (QED) is 0.402. The Kier molecular flexibility index (Phi) is 5.81. The Morgan fingerprint density at radius 2 is 1.90 bits per heavy atom. The summed E-state index contributed by atoms with van der Waals surface area (Å²) in [5.74, 6) is 0.534. The lowest BCUT2D eigenvalue weighted by atomic mass is 9.98. The van der Waals surface area contributed by atoms with Gasteiger partial charge in [0.05, 0.1) is 35.3 Å². The Morgan fingerprint density at radius 3 is 2.61 bits per heavy atom. The first-order chi connectivity index (χ1) is 15.2. The van der Waals surface area contributed by atoms with Gasteiger partial charge >= 0.3 is 5.97 Å². The summed E-state index contributed by atoms with van der Waals surface area (Å²) in [5, 5.41) is 9.76. The summed E-state index contributed by atoms with van der Waals surface area (Å²) in [6, 6.07) is 23.7. The largest absolute Gasteiger partial charge is 0.465 e. The van der Waals surface area contributed by atoms with Gasteiger partial charge in [-0.1, -0.05) is 55.5 Å². The van der Waals surface area contributed by atoms with Crippen molar-refractivity contribution in [1.29, 1.82) is 5.26 Å². The average molecular weight is 409 g/mol. The molecule has 0 saturated heterocycles. The second kappa shape index (κ2) is 8.85. The summed E-state index contributed by atoms with van der Waals surface area (Å²) < 4.78 is 7.07. The van der Waals surface area contributed by atoms with Crippen LogP contribution in [0.3, 0.4) is 0 Å². The van der Waals surface area contributed by atoms with Crippen LogP contribution in [0.15, 0.2) is 66.7 Å². The van der Waals surface area contributed by atoms with Crippen LogP contribution in [0, 0.1) is 11.3 Å². The highest BCUT2D eigenvalue weighted by Crippen LogP contribution is 2.27. The number of carbonyl (C=O) groups excluding carboxylic acids is 1. The van der Waals surface area contributed by atoms with Crippen LogP contribution in [0.1, 0.15) is 40.7 Å². The van der Waals surface area contributed by atoms with Gasteiger partial charge in [-0.25, -0.2) is 9.78 Å². The minimum atomic E-state index is -0.382. The van der Waals surface area contributed by atoms with Crippen molar-refractivity contribution >= 4 is 17.0 Å². The molecule has 0 spiro atoms. The van der Waals surface area contributed by atoms with Crippen LogP contribution < -0.4 is 0 Å². The van der Waals surface area contributed by atoms with E-state index in [1.165, 1.54) is 7.11 Å². The molecule has 0 fully saturated rings. The lowest BCUT2D eigenvalue weighted by Crippen LogP contribution is -2.09. The van der Waals surface area contributed by atoms with E-state index < -0.39 is 0 Å². The molecule has 0 radical (unpaired) electrons. The molecule has 0 unspecified atom stereocenters. The van der Waals surface area contributed by atoms with E-state index in [0.717, 1.165) is 46.4 Å². The Hall–Kier alpha value is -3.91. The van der Waals surface area contributed by atoms with Crippen molar-refractivity contribution in [3.63, 3.8) is 0 Å².